The number of para-hydroxylation sites is 1. The number of anilines is 1. The van der Waals surface area contributed by atoms with Crippen LogP contribution >= 0.6 is 0 Å². The average molecular weight is 408 g/mol. The van der Waals surface area contributed by atoms with Gasteiger partial charge in [-0.1, -0.05) is 45.0 Å². The Hall–Kier alpha value is -3.41. The van der Waals surface area contributed by atoms with E-state index in [0.29, 0.717) is 29.3 Å². The predicted molar refractivity (Wildman–Crippen MR) is 117 cm³/mol. The molecule has 6 heteroatoms. The summed E-state index contributed by atoms with van der Waals surface area (Å²) in [5.74, 6) is -0.666. The van der Waals surface area contributed by atoms with E-state index >= 15 is 0 Å². The van der Waals surface area contributed by atoms with E-state index in [4.69, 9.17) is 4.74 Å². The van der Waals surface area contributed by atoms with Crippen LogP contribution in [-0.4, -0.2) is 17.8 Å². The molecule has 2 rings (SSSR count). The number of hydrogen-bond donors (Lipinski definition) is 2. The molecular weight excluding hydrogens is 380 g/mol. The molecule has 0 unspecified atom stereocenters. The lowest BCUT2D eigenvalue weighted by Gasteiger charge is -2.14. The Morgan fingerprint density at radius 3 is 2.17 bits per heavy atom. The van der Waals surface area contributed by atoms with Crippen molar-refractivity contribution in [2.75, 3.05) is 5.32 Å². The predicted octanol–water partition coefficient (Wildman–Crippen LogP) is 4.79. The van der Waals surface area contributed by atoms with E-state index in [1.165, 1.54) is 12.5 Å². The monoisotopic (exact) mass is 408 g/mol. The largest absolute Gasteiger partial charge is 0.426 e. The molecule has 0 saturated heterocycles. The zero-order chi connectivity index (χ0) is 22.3. The third-order valence-corrected chi connectivity index (χ3v) is 4.60. The lowest BCUT2D eigenvalue weighted by atomic mass is 10.0. The minimum absolute atomic E-state index is 0.169. The first-order valence-corrected chi connectivity index (χ1v) is 9.92. The van der Waals surface area contributed by atoms with E-state index in [2.05, 4.69) is 24.5 Å². The van der Waals surface area contributed by atoms with Gasteiger partial charge in [-0.3, -0.25) is 14.4 Å². The van der Waals surface area contributed by atoms with Gasteiger partial charge in [0.1, 0.15) is 5.75 Å². The molecule has 0 saturated carbocycles. The number of amides is 2. The second kappa shape index (κ2) is 10.4. The molecule has 0 heterocycles. The number of nitrogens with one attached hydrogen (secondary N) is 2. The summed E-state index contributed by atoms with van der Waals surface area (Å²) in [6, 6.07) is 14.1. The van der Waals surface area contributed by atoms with Gasteiger partial charge in [0.15, 0.2) is 0 Å². The lowest BCUT2D eigenvalue weighted by molar-refractivity contribution is -0.131. The van der Waals surface area contributed by atoms with Crippen LogP contribution < -0.4 is 15.4 Å². The van der Waals surface area contributed by atoms with Crippen LogP contribution in [0.1, 0.15) is 62.9 Å². The van der Waals surface area contributed by atoms with Crippen molar-refractivity contribution in [3.8, 4) is 5.75 Å². The Labute approximate surface area is 177 Å². The maximum atomic E-state index is 12.7. The van der Waals surface area contributed by atoms with Crippen LogP contribution in [0, 0.1) is 0 Å². The molecule has 0 bridgehead atoms. The van der Waals surface area contributed by atoms with Crippen LogP contribution in [0.15, 0.2) is 59.8 Å². The molecule has 0 aliphatic carbocycles. The Morgan fingerprint density at radius 2 is 1.60 bits per heavy atom. The summed E-state index contributed by atoms with van der Waals surface area (Å²) < 4.78 is 5.09. The fraction of sp³-hybridized carbons (Fsp3) is 0.292. The van der Waals surface area contributed by atoms with E-state index in [0.717, 1.165) is 0 Å². The fourth-order valence-electron chi connectivity index (χ4n) is 2.97. The van der Waals surface area contributed by atoms with Gasteiger partial charge in [0.2, 0.25) is 0 Å². The normalized spacial score (nSPS) is 11.5. The van der Waals surface area contributed by atoms with E-state index in [-0.39, 0.29) is 17.2 Å². The minimum atomic E-state index is -0.514. The first kappa shape index (κ1) is 22.9. The Balaban J connectivity index is 2.17. The molecule has 2 amide bonds. The minimum Gasteiger partial charge on any atom is -0.426 e. The smallest absolute Gasteiger partial charge is 0.308 e. The summed E-state index contributed by atoms with van der Waals surface area (Å²) in [5, 5.41) is 5.61. The summed E-state index contributed by atoms with van der Waals surface area (Å²) in [7, 11) is 0. The van der Waals surface area contributed by atoms with Gasteiger partial charge in [0, 0.05) is 23.9 Å². The Morgan fingerprint density at radius 1 is 0.967 bits per heavy atom. The van der Waals surface area contributed by atoms with Gasteiger partial charge in [-0.25, -0.2) is 0 Å². The summed E-state index contributed by atoms with van der Waals surface area (Å²) >= 11 is 0. The number of carbonyl (C=O) groups is 3. The van der Waals surface area contributed by atoms with Crippen LogP contribution in [0.3, 0.4) is 0 Å². The molecule has 2 aromatic carbocycles. The Kier molecular flexibility index (Phi) is 7.92. The molecule has 158 valence electrons. The second-order valence-corrected chi connectivity index (χ2v) is 7.23. The van der Waals surface area contributed by atoms with Crippen LogP contribution in [0.4, 0.5) is 5.69 Å². The zero-order valence-electron chi connectivity index (χ0n) is 18.0. The first-order chi connectivity index (χ1) is 14.2. The van der Waals surface area contributed by atoms with Crippen LogP contribution in [0.5, 0.6) is 5.75 Å². The van der Waals surface area contributed by atoms with Crippen molar-refractivity contribution < 1.29 is 19.1 Å². The van der Waals surface area contributed by atoms with Crippen molar-refractivity contribution in [1.29, 1.82) is 0 Å². The van der Waals surface area contributed by atoms with Gasteiger partial charge in [0.25, 0.3) is 11.8 Å². The molecule has 0 aliphatic rings. The molecule has 6 nitrogen and oxygen atoms in total. The maximum Gasteiger partial charge on any atom is 0.308 e. The van der Waals surface area contributed by atoms with Gasteiger partial charge in [-0.2, -0.15) is 0 Å². The van der Waals surface area contributed by atoms with Crippen LogP contribution in [0.25, 0.3) is 0 Å². The SMILES string of the molecule is CC/C(C(=O)Nc1ccc(C(C)C)cc1)=C(\C)NC(=O)c1ccccc1OC(C)=O. The molecular formula is C24H28N2O4. The Bertz CT molecular complexity index is 959. The molecule has 0 aliphatic heterocycles. The van der Waals surface area contributed by atoms with Crippen molar-refractivity contribution >= 4 is 23.5 Å². The number of esters is 1. The molecule has 2 N–H and O–H groups in total. The molecule has 0 spiro atoms. The molecule has 30 heavy (non-hydrogen) atoms. The quantitative estimate of drug-likeness (QED) is 0.392. The summed E-state index contributed by atoms with van der Waals surface area (Å²) in [6.07, 6.45) is 0.438. The fourth-order valence-corrected chi connectivity index (χ4v) is 2.97. The van der Waals surface area contributed by atoms with E-state index in [1.54, 1.807) is 31.2 Å². The average Bonchev–Trinajstić information content (AvgIpc) is 2.68. The van der Waals surface area contributed by atoms with Gasteiger partial charge < -0.3 is 15.4 Å². The van der Waals surface area contributed by atoms with Gasteiger partial charge in [-0.15, -0.1) is 0 Å². The number of carbonyl (C=O) groups excluding carboxylic acids is 3. The molecule has 0 aromatic heterocycles. The maximum absolute atomic E-state index is 12.7. The van der Waals surface area contributed by atoms with Gasteiger partial charge >= 0.3 is 5.97 Å². The third kappa shape index (κ3) is 6.04. The van der Waals surface area contributed by atoms with Crippen LogP contribution in [-0.2, 0) is 9.59 Å². The van der Waals surface area contributed by atoms with Crippen molar-refractivity contribution in [3.63, 3.8) is 0 Å². The number of benzene rings is 2. The van der Waals surface area contributed by atoms with Crippen LogP contribution in [0.2, 0.25) is 0 Å². The highest BCUT2D eigenvalue weighted by Gasteiger charge is 2.17. The standard InChI is InChI=1S/C24H28N2O4/c1-6-20(23(28)26-19-13-11-18(12-14-19)15(2)3)16(4)25-24(29)21-9-7-8-10-22(21)30-17(5)27/h7-15H,6H2,1-5H3,(H,25,29)(H,26,28)/b20-16-. The number of hydrogen-bond acceptors (Lipinski definition) is 4. The molecule has 0 radical (unpaired) electrons. The van der Waals surface area contributed by atoms with E-state index < -0.39 is 11.9 Å². The number of ether oxygens (including phenoxy) is 1. The second-order valence-electron chi connectivity index (χ2n) is 7.23. The van der Waals surface area contributed by atoms with Crippen molar-refractivity contribution in [2.24, 2.45) is 0 Å². The number of allylic oxidation sites excluding steroid dienone is 1. The summed E-state index contributed by atoms with van der Waals surface area (Å²) in [4.78, 5) is 36.7. The zero-order valence-corrected chi connectivity index (χ0v) is 18.0. The summed E-state index contributed by atoms with van der Waals surface area (Å²) in [6.45, 7) is 9.01. The van der Waals surface area contributed by atoms with E-state index in [9.17, 15) is 14.4 Å². The lowest BCUT2D eigenvalue weighted by Crippen LogP contribution is -2.26. The van der Waals surface area contributed by atoms with E-state index in [1.807, 2.05) is 31.2 Å². The molecule has 0 atom stereocenters. The first-order valence-electron chi connectivity index (χ1n) is 9.92. The molecule has 2 aromatic rings. The highest BCUT2D eigenvalue weighted by Crippen LogP contribution is 2.20. The highest BCUT2D eigenvalue weighted by molar-refractivity contribution is 6.05. The van der Waals surface area contributed by atoms with Crippen molar-refractivity contribution in [3.05, 3.63) is 70.9 Å². The third-order valence-electron chi connectivity index (χ3n) is 4.60. The van der Waals surface area contributed by atoms with Crippen molar-refractivity contribution in [1.82, 2.24) is 5.32 Å². The van der Waals surface area contributed by atoms with Crippen molar-refractivity contribution in [2.45, 2.75) is 47.0 Å². The van der Waals surface area contributed by atoms with Gasteiger partial charge in [0.05, 0.1) is 5.56 Å². The summed E-state index contributed by atoms with van der Waals surface area (Å²) in [5.41, 5.74) is 2.99. The molecule has 0 fully saturated rings. The number of rotatable bonds is 7. The van der Waals surface area contributed by atoms with Gasteiger partial charge in [-0.05, 0) is 49.1 Å². The highest BCUT2D eigenvalue weighted by atomic mass is 16.5. The topological polar surface area (TPSA) is 84.5 Å².